The number of aliphatic imine (C=N–C) groups is 1. The van der Waals surface area contributed by atoms with E-state index >= 15 is 0 Å². The van der Waals surface area contributed by atoms with Crippen LogP contribution in [0.3, 0.4) is 0 Å². The van der Waals surface area contributed by atoms with Crippen LogP contribution in [0, 0.1) is 0 Å². The monoisotopic (exact) mass is 398 g/mol. The molecule has 5 nitrogen and oxygen atoms in total. The number of ketones is 1. The lowest BCUT2D eigenvalue weighted by Gasteiger charge is -2.42. The Labute approximate surface area is 169 Å². The normalized spacial score (nSPS) is 24.9. The third-order valence-corrected chi connectivity index (χ3v) is 5.85. The molecule has 0 spiro atoms. The number of ether oxygens (including phenoxy) is 2. The van der Waals surface area contributed by atoms with Gasteiger partial charge >= 0.3 is 0 Å². The maximum atomic E-state index is 13.1. The van der Waals surface area contributed by atoms with Gasteiger partial charge in [-0.15, -0.1) is 0 Å². The highest BCUT2D eigenvalue weighted by Gasteiger charge is 2.52. The fourth-order valence-electron chi connectivity index (χ4n) is 4.04. The quantitative estimate of drug-likeness (QED) is 0.834. The predicted octanol–water partition coefficient (Wildman–Crippen LogP) is 3.66. The van der Waals surface area contributed by atoms with Gasteiger partial charge in [-0.2, -0.15) is 0 Å². The van der Waals surface area contributed by atoms with Gasteiger partial charge in [0.15, 0.2) is 11.6 Å². The van der Waals surface area contributed by atoms with Crippen LogP contribution >= 0.6 is 11.6 Å². The number of carbonyl (C=O) groups excluding carboxylic acids is 1. The Morgan fingerprint density at radius 2 is 2.04 bits per heavy atom. The van der Waals surface area contributed by atoms with Crippen molar-refractivity contribution >= 4 is 23.3 Å². The van der Waals surface area contributed by atoms with Gasteiger partial charge in [0.25, 0.3) is 0 Å². The number of benzene rings is 2. The van der Waals surface area contributed by atoms with Crippen molar-refractivity contribution in [1.82, 2.24) is 0 Å². The van der Waals surface area contributed by atoms with E-state index in [1.807, 2.05) is 42.5 Å². The van der Waals surface area contributed by atoms with Gasteiger partial charge in [0.1, 0.15) is 5.75 Å². The molecule has 1 heterocycles. The Balaban J connectivity index is 1.67. The summed E-state index contributed by atoms with van der Waals surface area (Å²) in [5, 5.41) is 0.547. The summed E-state index contributed by atoms with van der Waals surface area (Å²) in [6, 6.07) is 14.7. The van der Waals surface area contributed by atoms with Crippen molar-refractivity contribution in [1.29, 1.82) is 0 Å². The summed E-state index contributed by atoms with van der Waals surface area (Å²) < 4.78 is 11.1. The van der Waals surface area contributed by atoms with Crippen LogP contribution in [0.1, 0.15) is 30.4 Å². The highest BCUT2D eigenvalue weighted by molar-refractivity contribution is 6.32. The van der Waals surface area contributed by atoms with Crippen molar-refractivity contribution in [3.63, 3.8) is 0 Å². The molecule has 2 aromatic rings. The molecule has 4 rings (SSSR count). The molecule has 146 valence electrons. The Bertz CT molecular complexity index is 912. The topological polar surface area (TPSA) is 73.9 Å². The molecule has 2 bridgehead atoms. The molecule has 2 aliphatic rings. The number of hydrogen-bond acceptors (Lipinski definition) is 5. The molecule has 1 unspecified atom stereocenters. The Morgan fingerprint density at radius 1 is 1.29 bits per heavy atom. The first kappa shape index (κ1) is 19.0. The molecule has 1 saturated carbocycles. The first-order valence-corrected chi connectivity index (χ1v) is 9.85. The van der Waals surface area contributed by atoms with Crippen molar-refractivity contribution < 1.29 is 14.3 Å². The van der Waals surface area contributed by atoms with Crippen molar-refractivity contribution in [3.8, 4) is 5.75 Å². The molecule has 2 aromatic carbocycles. The minimum Gasteiger partial charge on any atom is -0.497 e. The second kappa shape index (κ2) is 7.57. The molecule has 0 aromatic heterocycles. The first-order chi connectivity index (χ1) is 13.5. The van der Waals surface area contributed by atoms with Crippen LogP contribution in [0.25, 0.3) is 0 Å². The van der Waals surface area contributed by atoms with Crippen LogP contribution in [0.2, 0.25) is 5.02 Å². The summed E-state index contributed by atoms with van der Waals surface area (Å²) in [4.78, 5) is 17.9. The summed E-state index contributed by atoms with van der Waals surface area (Å²) in [7, 11) is 1.63. The van der Waals surface area contributed by atoms with Gasteiger partial charge in [0, 0.05) is 10.6 Å². The van der Waals surface area contributed by atoms with E-state index in [0.29, 0.717) is 30.2 Å². The van der Waals surface area contributed by atoms with Gasteiger partial charge < -0.3 is 15.2 Å². The zero-order valence-corrected chi connectivity index (χ0v) is 16.5. The molecular formula is C22H23ClN2O3. The minimum atomic E-state index is -0.994. The van der Waals surface area contributed by atoms with Gasteiger partial charge in [-0.3, -0.25) is 4.79 Å². The van der Waals surface area contributed by atoms with Crippen LogP contribution in [-0.2, 0) is 21.5 Å². The maximum absolute atomic E-state index is 13.1. The van der Waals surface area contributed by atoms with Gasteiger partial charge in [-0.1, -0.05) is 41.9 Å². The van der Waals surface area contributed by atoms with Gasteiger partial charge in [0.05, 0.1) is 13.2 Å². The van der Waals surface area contributed by atoms with Crippen molar-refractivity contribution in [2.45, 2.75) is 43.4 Å². The van der Waals surface area contributed by atoms with Gasteiger partial charge in [-0.25, -0.2) is 4.99 Å². The SMILES string of the molecule is COc1ccc(CC(N)C2=N[C@]3(c4ccccc4Cl)CCC[C@H](O2)C3=O)cc1. The molecule has 0 radical (unpaired) electrons. The van der Waals surface area contributed by atoms with E-state index in [1.165, 1.54) is 0 Å². The Morgan fingerprint density at radius 3 is 2.75 bits per heavy atom. The van der Waals surface area contributed by atoms with Crippen molar-refractivity contribution in [3.05, 3.63) is 64.7 Å². The second-order valence-corrected chi connectivity index (χ2v) is 7.72. The second-order valence-electron chi connectivity index (χ2n) is 7.31. The number of carbonyl (C=O) groups is 1. The summed E-state index contributed by atoms with van der Waals surface area (Å²) >= 11 is 6.44. The molecular weight excluding hydrogens is 376 g/mol. The van der Waals surface area contributed by atoms with E-state index in [4.69, 9.17) is 31.8 Å². The van der Waals surface area contributed by atoms with Gasteiger partial charge in [-0.05, 0) is 49.4 Å². The van der Waals surface area contributed by atoms with E-state index in [1.54, 1.807) is 13.2 Å². The summed E-state index contributed by atoms with van der Waals surface area (Å²) in [6.07, 6.45) is 2.20. The summed E-state index contributed by atoms with van der Waals surface area (Å²) in [5.41, 5.74) is 7.24. The fourth-order valence-corrected chi connectivity index (χ4v) is 4.34. The number of nitrogens with two attached hydrogens (primary N) is 1. The van der Waals surface area contributed by atoms with Crippen LogP contribution in [0.5, 0.6) is 5.75 Å². The lowest BCUT2D eigenvalue weighted by atomic mass is 9.73. The standard InChI is InChI=1S/C22H23ClN2O3/c1-27-15-10-8-14(9-11-15)13-18(24)21-25-22(16-5-2-3-6-17(16)23)12-4-7-19(28-21)20(22)26/h2-3,5-6,8-11,18-19H,4,7,12-13,24H2,1H3/t18?,19-,22-/m0/s1. The van der Waals surface area contributed by atoms with E-state index < -0.39 is 17.7 Å². The Hall–Kier alpha value is -2.37. The number of nitrogens with zero attached hydrogens (tertiary/aromatic N) is 1. The Kier molecular flexibility index (Phi) is 5.13. The van der Waals surface area contributed by atoms with E-state index in [0.717, 1.165) is 23.3 Å². The zero-order chi connectivity index (χ0) is 19.7. The number of halogens is 1. The average Bonchev–Trinajstić information content (AvgIpc) is 2.69. The number of rotatable bonds is 5. The lowest BCUT2D eigenvalue weighted by Crippen LogP contribution is -2.54. The number of methoxy groups -OCH3 is 1. The molecule has 0 saturated heterocycles. The van der Waals surface area contributed by atoms with Crippen molar-refractivity contribution in [2.75, 3.05) is 7.11 Å². The van der Waals surface area contributed by atoms with E-state index in [9.17, 15) is 4.79 Å². The third kappa shape index (κ3) is 3.29. The van der Waals surface area contributed by atoms with E-state index in [2.05, 4.69) is 0 Å². The average molecular weight is 399 g/mol. The highest BCUT2D eigenvalue weighted by atomic mass is 35.5. The van der Waals surface area contributed by atoms with E-state index in [-0.39, 0.29) is 5.78 Å². The number of hydrogen-bond donors (Lipinski definition) is 1. The molecule has 3 atom stereocenters. The summed E-state index contributed by atoms with van der Waals surface area (Å²) in [5.74, 6) is 1.20. The minimum absolute atomic E-state index is 0.0211. The van der Waals surface area contributed by atoms with Crippen LogP contribution in [0.4, 0.5) is 0 Å². The van der Waals surface area contributed by atoms with Gasteiger partial charge in [0.2, 0.25) is 11.7 Å². The highest BCUT2D eigenvalue weighted by Crippen LogP contribution is 2.44. The first-order valence-electron chi connectivity index (χ1n) is 9.48. The van der Waals surface area contributed by atoms with Crippen molar-refractivity contribution in [2.24, 2.45) is 10.7 Å². The smallest absolute Gasteiger partial charge is 0.205 e. The molecule has 6 heteroatoms. The lowest BCUT2D eigenvalue weighted by molar-refractivity contribution is -0.137. The van der Waals surface area contributed by atoms with Crippen LogP contribution in [0.15, 0.2) is 53.5 Å². The largest absolute Gasteiger partial charge is 0.497 e. The molecule has 0 amide bonds. The molecule has 1 aliphatic heterocycles. The molecule has 1 aliphatic carbocycles. The molecule has 1 fully saturated rings. The number of Topliss-reactive ketones (excluding diaryl/α,β-unsaturated/α-hetero) is 1. The summed E-state index contributed by atoms with van der Waals surface area (Å²) in [6.45, 7) is 0. The number of fused-ring (bicyclic) bond motifs is 2. The molecule has 28 heavy (non-hydrogen) atoms. The van der Waals surface area contributed by atoms with Crippen LogP contribution < -0.4 is 10.5 Å². The zero-order valence-electron chi connectivity index (χ0n) is 15.7. The molecule has 2 N–H and O–H groups in total. The fraction of sp³-hybridized carbons (Fsp3) is 0.364. The predicted molar refractivity (Wildman–Crippen MR) is 109 cm³/mol. The van der Waals surface area contributed by atoms with Crippen LogP contribution in [-0.4, -0.2) is 30.9 Å². The third-order valence-electron chi connectivity index (χ3n) is 5.52. The maximum Gasteiger partial charge on any atom is 0.205 e.